The van der Waals surface area contributed by atoms with Crippen LogP contribution in [0.4, 0.5) is 0 Å². The van der Waals surface area contributed by atoms with E-state index in [-0.39, 0.29) is 19.0 Å². The molecule has 0 unspecified atom stereocenters. The largest absolute Gasteiger partial charge is 0.339 e. The third-order valence-electron chi connectivity index (χ3n) is 2.36. The van der Waals surface area contributed by atoms with Crippen LogP contribution < -0.4 is 5.32 Å². The Labute approximate surface area is 84.0 Å². The summed E-state index contributed by atoms with van der Waals surface area (Å²) in [6.07, 6.45) is 0.761. The van der Waals surface area contributed by atoms with Gasteiger partial charge in [-0.1, -0.05) is 0 Å². The van der Waals surface area contributed by atoms with Gasteiger partial charge in [0.15, 0.2) is 0 Å². The first-order valence-electron chi connectivity index (χ1n) is 4.84. The molecule has 1 saturated heterocycles. The maximum absolute atomic E-state index is 11.5. The van der Waals surface area contributed by atoms with Crippen LogP contribution in [0.25, 0.3) is 0 Å². The minimum atomic E-state index is 0.0833. The van der Waals surface area contributed by atoms with E-state index in [1.165, 1.54) is 0 Å². The summed E-state index contributed by atoms with van der Waals surface area (Å²) in [5, 5.41) is 2.77. The summed E-state index contributed by atoms with van der Waals surface area (Å²) >= 11 is 0. The average molecular weight is 199 g/mol. The van der Waals surface area contributed by atoms with Gasteiger partial charge in [-0.3, -0.25) is 4.79 Å². The van der Waals surface area contributed by atoms with Crippen LogP contribution in [-0.2, 0) is 9.59 Å². The number of amides is 1. The van der Waals surface area contributed by atoms with Crippen molar-refractivity contribution in [1.82, 2.24) is 15.1 Å². The number of hydrogen-bond donors (Lipinski definition) is 1. The number of hydrogen-bond acceptors (Lipinski definition) is 4. The summed E-state index contributed by atoms with van der Waals surface area (Å²) in [6.45, 7) is 3.96. The topological polar surface area (TPSA) is 52.6 Å². The molecule has 1 aliphatic heterocycles. The number of rotatable bonds is 4. The molecular weight excluding hydrogens is 182 g/mol. The van der Waals surface area contributed by atoms with Crippen molar-refractivity contribution in [3.05, 3.63) is 0 Å². The van der Waals surface area contributed by atoms with E-state index in [4.69, 9.17) is 0 Å². The molecule has 0 saturated carbocycles. The van der Waals surface area contributed by atoms with Crippen molar-refractivity contribution < 1.29 is 9.59 Å². The fourth-order valence-electron chi connectivity index (χ4n) is 1.41. The van der Waals surface area contributed by atoms with Gasteiger partial charge in [0, 0.05) is 26.2 Å². The first-order valence-corrected chi connectivity index (χ1v) is 4.84. The Bertz CT molecular complexity index is 200. The smallest absolute Gasteiger partial charge is 0.236 e. The fourth-order valence-corrected chi connectivity index (χ4v) is 1.41. The molecule has 5 heteroatoms. The van der Waals surface area contributed by atoms with Gasteiger partial charge in [-0.15, -0.1) is 0 Å². The zero-order valence-electron chi connectivity index (χ0n) is 8.53. The molecule has 0 bridgehead atoms. The standard InChI is InChI=1S/C9H17N3O2/c1-11-3-5-12(6-4-11)9(14)8-10-2-7-13/h7,10H,2-6,8H2,1H3. The number of aldehydes is 1. The molecule has 5 nitrogen and oxygen atoms in total. The van der Waals surface area contributed by atoms with Crippen molar-refractivity contribution in [3.63, 3.8) is 0 Å². The predicted molar refractivity (Wildman–Crippen MR) is 53.0 cm³/mol. The first-order chi connectivity index (χ1) is 6.74. The summed E-state index contributed by atoms with van der Waals surface area (Å²) in [5.41, 5.74) is 0. The molecule has 80 valence electrons. The Hall–Kier alpha value is -0.940. The molecule has 0 spiro atoms. The van der Waals surface area contributed by atoms with E-state index in [1.807, 2.05) is 11.9 Å². The van der Waals surface area contributed by atoms with E-state index in [1.54, 1.807) is 0 Å². The van der Waals surface area contributed by atoms with Crippen molar-refractivity contribution in [2.24, 2.45) is 0 Å². The van der Waals surface area contributed by atoms with Gasteiger partial charge in [0.25, 0.3) is 0 Å². The lowest BCUT2D eigenvalue weighted by atomic mass is 10.3. The lowest BCUT2D eigenvalue weighted by Crippen LogP contribution is -2.49. The van der Waals surface area contributed by atoms with Crippen LogP contribution in [0.2, 0.25) is 0 Å². The van der Waals surface area contributed by atoms with Gasteiger partial charge < -0.3 is 19.9 Å². The quantitative estimate of drug-likeness (QED) is 0.444. The molecule has 1 rings (SSSR count). The molecule has 0 atom stereocenters. The summed E-state index contributed by atoms with van der Waals surface area (Å²) in [6, 6.07) is 0. The van der Waals surface area contributed by atoms with Crippen LogP contribution in [0.15, 0.2) is 0 Å². The van der Waals surface area contributed by atoms with E-state index in [2.05, 4.69) is 10.2 Å². The fraction of sp³-hybridized carbons (Fsp3) is 0.778. The minimum absolute atomic E-state index is 0.0833. The molecule has 14 heavy (non-hydrogen) atoms. The molecule has 1 heterocycles. The van der Waals surface area contributed by atoms with E-state index in [0.29, 0.717) is 0 Å². The van der Waals surface area contributed by atoms with Crippen molar-refractivity contribution in [3.8, 4) is 0 Å². The summed E-state index contributed by atoms with van der Waals surface area (Å²) < 4.78 is 0. The lowest BCUT2D eigenvalue weighted by molar-refractivity contribution is -0.131. The van der Waals surface area contributed by atoms with E-state index in [9.17, 15) is 9.59 Å². The van der Waals surface area contributed by atoms with Crippen LogP contribution in [0.1, 0.15) is 0 Å². The Balaban J connectivity index is 2.20. The molecule has 1 N–H and O–H groups in total. The Morgan fingerprint density at radius 3 is 2.57 bits per heavy atom. The second kappa shape index (κ2) is 5.72. The molecule has 0 aromatic heterocycles. The van der Waals surface area contributed by atoms with E-state index >= 15 is 0 Å². The minimum Gasteiger partial charge on any atom is -0.339 e. The highest BCUT2D eigenvalue weighted by molar-refractivity contribution is 5.78. The molecule has 0 radical (unpaired) electrons. The van der Waals surface area contributed by atoms with Crippen molar-refractivity contribution in [2.45, 2.75) is 0 Å². The van der Waals surface area contributed by atoms with Gasteiger partial charge in [-0.05, 0) is 7.05 Å². The molecule has 0 aliphatic carbocycles. The summed E-state index contributed by atoms with van der Waals surface area (Å²) in [4.78, 5) is 25.5. The summed E-state index contributed by atoms with van der Waals surface area (Å²) in [7, 11) is 2.05. The number of likely N-dealkylation sites (N-methyl/N-ethyl adjacent to an activating group) is 1. The van der Waals surface area contributed by atoms with Gasteiger partial charge in [0.2, 0.25) is 5.91 Å². The normalized spacial score (nSPS) is 18.2. The Kier molecular flexibility index (Phi) is 4.55. The summed E-state index contributed by atoms with van der Waals surface area (Å²) in [5.74, 6) is 0.0833. The van der Waals surface area contributed by atoms with Gasteiger partial charge >= 0.3 is 0 Å². The van der Waals surface area contributed by atoms with Gasteiger partial charge in [0.1, 0.15) is 6.29 Å². The van der Waals surface area contributed by atoms with Gasteiger partial charge in [-0.25, -0.2) is 0 Å². The van der Waals surface area contributed by atoms with E-state index in [0.717, 1.165) is 32.5 Å². The number of nitrogens with zero attached hydrogens (tertiary/aromatic N) is 2. The Morgan fingerprint density at radius 1 is 1.36 bits per heavy atom. The molecule has 0 aromatic rings. The van der Waals surface area contributed by atoms with Crippen molar-refractivity contribution in [1.29, 1.82) is 0 Å². The molecule has 1 aliphatic rings. The van der Waals surface area contributed by atoms with Crippen molar-refractivity contribution >= 4 is 12.2 Å². The van der Waals surface area contributed by atoms with Gasteiger partial charge in [-0.2, -0.15) is 0 Å². The maximum atomic E-state index is 11.5. The highest BCUT2D eigenvalue weighted by Crippen LogP contribution is 1.98. The molecular formula is C9H17N3O2. The average Bonchev–Trinajstić information content (AvgIpc) is 2.19. The Morgan fingerprint density at radius 2 is 2.00 bits per heavy atom. The van der Waals surface area contributed by atoms with Crippen LogP contribution in [-0.4, -0.2) is 68.3 Å². The third-order valence-corrected chi connectivity index (χ3v) is 2.36. The van der Waals surface area contributed by atoms with Crippen LogP contribution in [0.3, 0.4) is 0 Å². The monoisotopic (exact) mass is 199 g/mol. The van der Waals surface area contributed by atoms with Gasteiger partial charge in [0.05, 0.1) is 13.1 Å². The van der Waals surface area contributed by atoms with E-state index < -0.39 is 0 Å². The lowest BCUT2D eigenvalue weighted by Gasteiger charge is -2.32. The third kappa shape index (κ3) is 3.43. The van der Waals surface area contributed by atoms with Crippen LogP contribution in [0, 0.1) is 0 Å². The molecule has 0 aromatic carbocycles. The number of carbonyl (C=O) groups excluding carboxylic acids is 2. The second-order valence-corrected chi connectivity index (χ2v) is 3.48. The zero-order chi connectivity index (χ0) is 10.4. The highest BCUT2D eigenvalue weighted by atomic mass is 16.2. The first kappa shape index (κ1) is 11.1. The predicted octanol–water partition coefficient (Wildman–Crippen LogP) is -1.45. The molecule has 1 fully saturated rings. The SMILES string of the molecule is CN1CCN(C(=O)CNCC=O)CC1. The molecule has 1 amide bonds. The van der Waals surface area contributed by atoms with Crippen molar-refractivity contribution in [2.75, 3.05) is 46.3 Å². The van der Waals surface area contributed by atoms with Crippen LogP contribution in [0.5, 0.6) is 0 Å². The van der Waals surface area contributed by atoms with Crippen LogP contribution >= 0.6 is 0 Å². The number of piperazine rings is 1. The number of nitrogens with one attached hydrogen (secondary N) is 1. The highest BCUT2D eigenvalue weighted by Gasteiger charge is 2.17. The maximum Gasteiger partial charge on any atom is 0.236 e. The zero-order valence-corrected chi connectivity index (χ0v) is 8.53. The second-order valence-electron chi connectivity index (χ2n) is 3.48. The number of carbonyl (C=O) groups is 2.